The van der Waals surface area contributed by atoms with Gasteiger partial charge in [-0.1, -0.05) is 60.1 Å². The molecule has 0 spiro atoms. The van der Waals surface area contributed by atoms with Crippen LogP contribution in [0.25, 0.3) is 22.0 Å². The summed E-state index contributed by atoms with van der Waals surface area (Å²) in [5.74, 6) is 0.443. The zero-order valence-corrected chi connectivity index (χ0v) is 18.1. The molecule has 152 valence electrons. The maximum absolute atomic E-state index is 12.5. The Kier molecular flexibility index (Phi) is 6.51. The van der Waals surface area contributed by atoms with E-state index >= 15 is 0 Å². The van der Waals surface area contributed by atoms with E-state index in [0.29, 0.717) is 27.8 Å². The van der Waals surface area contributed by atoms with E-state index in [1.165, 1.54) is 11.8 Å². The van der Waals surface area contributed by atoms with Gasteiger partial charge in [-0.25, -0.2) is 4.98 Å². The van der Waals surface area contributed by atoms with Crippen LogP contribution in [0.1, 0.15) is 12.0 Å². The van der Waals surface area contributed by atoms with Crippen molar-refractivity contribution in [2.24, 2.45) is 0 Å². The molecule has 0 atom stereocenters. The van der Waals surface area contributed by atoms with E-state index in [2.05, 4.69) is 16.4 Å². The molecular weight excluding hydrogens is 426 g/mol. The van der Waals surface area contributed by atoms with Gasteiger partial charge in [-0.15, -0.1) is 11.8 Å². The number of hydrogen-bond donors (Lipinski definition) is 1. The number of carbonyl (C=O) groups is 1. The molecule has 4 nitrogen and oxygen atoms in total. The Morgan fingerprint density at radius 1 is 1.00 bits per heavy atom. The highest BCUT2D eigenvalue weighted by Gasteiger charge is 2.11. The fourth-order valence-corrected chi connectivity index (χ4v) is 4.24. The van der Waals surface area contributed by atoms with Crippen molar-refractivity contribution in [1.82, 2.24) is 4.98 Å². The van der Waals surface area contributed by atoms with Crippen LogP contribution >= 0.6 is 23.4 Å². The van der Waals surface area contributed by atoms with Gasteiger partial charge < -0.3 is 5.32 Å². The number of nitrogens with one attached hydrogen (secondary N) is 1. The second kappa shape index (κ2) is 9.65. The second-order valence-corrected chi connectivity index (χ2v) is 8.36. The van der Waals surface area contributed by atoms with Gasteiger partial charge >= 0.3 is 0 Å². The van der Waals surface area contributed by atoms with Gasteiger partial charge in [0, 0.05) is 33.8 Å². The van der Waals surface area contributed by atoms with Crippen molar-refractivity contribution < 1.29 is 4.79 Å². The first-order chi connectivity index (χ1) is 15.1. The lowest BCUT2D eigenvalue weighted by Gasteiger charge is -2.09. The smallest absolute Gasteiger partial charge is 0.225 e. The second-order valence-electron chi connectivity index (χ2n) is 6.84. The first kappa shape index (κ1) is 20.9. The van der Waals surface area contributed by atoms with E-state index in [1.54, 1.807) is 18.2 Å². The lowest BCUT2D eigenvalue weighted by Crippen LogP contribution is -2.12. The summed E-state index contributed by atoms with van der Waals surface area (Å²) in [6.07, 6.45) is 0.311. The molecule has 6 heteroatoms. The van der Waals surface area contributed by atoms with Crippen LogP contribution in [-0.4, -0.2) is 16.6 Å². The highest BCUT2D eigenvalue weighted by atomic mass is 35.5. The molecule has 0 unspecified atom stereocenters. The number of nitriles is 1. The van der Waals surface area contributed by atoms with Crippen molar-refractivity contribution in [2.75, 3.05) is 11.1 Å². The van der Waals surface area contributed by atoms with Crippen LogP contribution in [0.15, 0.2) is 83.9 Å². The first-order valence-corrected chi connectivity index (χ1v) is 11.1. The molecule has 0 aliphatic carbocycles. The number of halogens is 1. The Balaban J connectivity index is 1.43. The van der Waals surface area contributed by atoms with E-state index in [0.717, 1.165) is 27.7 Å². The van der Waals surface area contributed by atoms with Gasteiger partial charge in [0.1, 0.15) is 11.1 Å². The number of benzene rings is 3. The number of thioether (sulfide) groups is 1. The summed E-state index contributed by atoms with van der Waals surface area (Å²) in [6.45, 7) is 0. The number of pyridine rings is 1. The van der Waals surface area contributed by atoms with Crippen LogP contribution in [0.4, 0.5) is 5.69 Å². The summed E-state index contributed by atoms with van der Waals surface area (Å²) in [5, 5.41) is 15.8. The molecule has 4 rings (SSSR count). The van der Waals surface area contributed by atoms with Crippen LogP contribution in [-0.2, 0) is 4.79 Å². The monoisotopic (exact) mass is 443 g/mol. The largest absolute Gasteiger partial charge is 0.325 e. The average Bonchev–Trinajstić information content (AvgIpc) is 2.80. The van der Waals surface area contributed by atoms with Crippen molar-refractivity contribution in [3.63, 3.8) is 0 Å². The minimum atomic E-state index is -0.0729. The molecule has 31 heavy (non-hydrogen) atoms. The van der Waals surface area contributed by atoms with Gasteiger partial charge in [0.15, 0.2) is 0 Å². The third kappa shape index (κ3) is 5.05. The molecule has 0 radical (unpaired) electrons. The molecule has 1 amide bonds. The van der Waals surface area contributed by atoms with Gasteiger partial charge in [0.05, 0.1) is 11.3 Å². The normalized spacial score (nSPS) is 10.6. The van der Waals surface area contributed by atoms with Crippen molar-refractivity contribution >= 4 is 45.7 Å². The third-order valence-electron chi connectivity index (χ3n) is 4.75. The molecule has 3 aromatic carbocycles. The topological polar surface area (TPSA) is 65.8 Å². The Morgan fingerprint density at radius 3 is 2.58 bits per heavy atom. The van der Waals surface area contributed by atoms with E-state index in [9.17, 15) is 10.1 Å². The van der Waals surface area contributed by atoms with Crippen molar-refractivity contribution in [2.45, 2.75) is 11.4 Å². The molecule has 0 saturated carbocycles. The molecule has 0 saturated heterocycles. The van der Waals surface area contributed by atoms with E-state index in [-0.39, 0.29) is 5.91 Å². The summed E-state index contributed by atoms with van der Waals surface area (Å²) < 4.78 is 0. The lowest BCUT2D eigenvalue weighted by atomic mass is 10.1. The highest BCUT2D eigenvalue weighted by molar-refractivity contribution is 7.99. The zero-order valence-electron chi connectivity index (χ0n) is 16.5. The Hall–Kier alpha value is -3.33. The van der Waals surface area contributed by atoms with Crippen LogP contribution < -0.4 is 5.32 Å². The van der Waals surface area contributed by atoms with E-state index in [4.69, 9.17) is 11.6 Å². The van der Waals surface area contributed by atoms with Gasteiger partial charge in [-0.3, -0.25) is 4.79 Å². The van der Waals surface area contributed by atoms with Gasteiger partial charge in [0.2, 0.25) is 5.91 Å². The number of aromatic nitrogens is 1. The number of amides is 1. The van der Waals surface area contributed by atoms with E-state index in [1.807, 2.05) is 60.7 Å². The Morgan fingerprint density at radius 2 is 1.77 bits per heavy atom. The fraction of sp³-hybridized carbons (Fsp3) is 0.0800. The molecule has 4 aromatic rings. The number of anilines is 1. The zero-order chi connectivity index (χ0) is 21.6. The lowest BCUT2D eigenvalue weighted by molar-refractivity contribution is -0.115. The van der Waals surface area contributed by atoms with Crippen molar-refractivity contribution in [3.05, 3.63) is 89.4 Å². The quantitative estimate of drug-likeness (QED) is 0.343. The molecule has 1 aromatic heterocycles. The SMILES string of the molecule is N#Cc1ccc(-c2ccc(Cl)cc2)nc1SCCC(=O)Nc1cccc2ccccc12. The molecule has 1 heterocycles. The summed E-state index contributed by atoms with van der Waals surface area (Å²) in [4.78, 5) is 17.1. The third-order valence-corrected chi connectivity index (χ3v) is 6.00. The predicted octanol–water partition coefficient (Wildman–Crippen LogP) is 6.55. The summed E-state index contributed by atoms with van der Waals surface area (Å²) in [7, 11) is 0. The van der Waals surface area contributed by atoms with Gasteiger partial charge in [0.25, 0.3) is 0 Å². The van der Waals surface area contributed by atoms with Crippen LogP contribution in [0.5, 0.6) is 0 Å². The first-order valence-electron chi connectivity index (χ1n) is 9.71. The van der Waals surface area contributed by atoms with Gasteiger partial charge in [-0.05, 0) is 35.7 Å². The number of nitrogens with zero attached hydrogens (tertiary/aromatic N) is 2. The minimum absolute atomic E-state index is 0.0729. The number of carbonyl (C=O) groups excluding carboxylic acids is 1. The summed E-state index contributed by atoms with van der Waals surface area (Å²) >= 11 is 7.37. The highest BCUT2D eigenvalue weighted by Crippen LogP contribution is 2.27. The number of rotatable bonds is 6. The molecular formula is C25H18ClN3OS. The molecule has 0 aliphatic heterocycles. The molecule has 1 N–H and O–H groups in total. The van der Waals surface area contributed by atoms with E-state index < -0.39 is 0 Å². The standard InChI is InChI=1S/C25H18ClN3OS/c26-20-11-8-18(9-12-20)22-13-10-19(16-27)25(29-22)31-15-14-24(30)28-23-7-3-5-17-4-1-2-6-21(17)23/h1-13H,14-15H2,(H,28,30). The number of hydrogen-bond acceptors (Lipinski definition) is 4. The minimum Gasteiger partial charge on any atom is -0.325 e. The molecule has 0 fully saturated rings. The van der Waals surface area contributed by atoms with Gasteiger partial charge in [-0.2, -0.15) is 5.26 Å². The molecule has 0 bridgehead atoms. The maximum Gasteiger partial charge on any atom is 0.225 e. The van der Waals surface area contributed by atoms with Crippen LogP contribution in [0.2, 0.25) is 5.02 Å². The fourth-order valence-electron chi connectivity index (χ4n) is 3.20. The summed E-state index contributed by atoms with van der Waals surface area (Å²) in [6, 6.07) is 26.9. The predicted molar refractivity (Wildman–Crippen MR) is 127 cm³/mol. The Bertz CT molecular complexity index is 1280. The van der Waals surface area contributed by atoms with Crippen molar-refractivity contribution in [3.8, 4) is 17.3 Å². The van der Waals surface area contributed by atoms with Crippen molar-refractivity contribution in [1.29, 1.82) is 5.26 Å². The maximum atomic E-state index is 12.5. The van der Waals surface area contributed by atoms with Crippen LogP contribution in [0, 0.1) is 11.3 Å². The molecule has 0 aliphatic rings. The Labute approximate surface area is 189 Å². The summed E-state index contributed by atoms with van der Waals surface area (Å²) in [5.41, 5.74) is 2.98. The van der Waals surface area contributed by atoms with Crippen LogP contribution in [0.3, 0.4) is 0 Å². The average molecular weight is 444 g/mol. The number of fused-ring (bicyclic) bond motifs is 1.